The van der Waals surface area contributed by atoms with Crippen molar-refractivity contribution in [3.8, 4) is 0 Å². The van der Waals surface area contributed by atoms with Crippen molar-refractivity contribution in [1.29, 1.82) is 0 Å². The Labute approximate surface area is 137 Å². The van der Waals surface area contributed by atoms with Gasteiger partial charge in [0.25, 0.3) is 5.91 Å². The van der Waals surface area contributed by atoms with Gasteiger partial charge in [0, 0.05) is 11.8 Å². The van der Waals surface area contributed by atoms with Crippen molar-refractivity contribution in [2.45, 2.75) is 18.9 Å². The van der Waals surface area contributed by atoms with Crippen molar-refractivity contribution in [3.63, 3.8) is 0 Å². The summed E-state index contributed by atoms with van der Waals surface area (Å²) in [5, 5.41) is 4.34. The van der Waals surface area contributed by atoms with Crippen LogP contribution in [0.3, 0.4) is 0 Å². The quantitative estimate of drug-likeness (QED) is 0.722. The molecule has 0 aliphatic heterocycles. The van der Waals surface area contributed by atoms with Gasteiger partial charge in [-0.3, -0.25) is 10.1 Å². The minimum Gasteiger partial charge on any atom is -0.298 e. The predicted molar refractivity (Wildman–Crippen MR) is 92.9 cm³/mol. The Morgan fingerprint density at radius 2 is 2.18 bits per heavy atom. The van der Waals surface area contributed by atoms with Gasteiger partial charge in [-0.05, 0) is 42.5 Å². The van der Waals surface area contributed by atoms with Gasteiger partial charge < -0.3 is 0 Å². The van der Waals surface area contributed by atoms with Crippen LogP contribution < -0.4 is 5.32 Å². The lowest BCUT2D eigenvalue weighted by molar-refractivity contribution is 0.102. The molecule has 0 radical (unpaired) electrons. The molecule has 2 heterocycles. The van der Waals surface area contributed by atoms with Crippen molar-refractivity contribution < 1.29 is 4.79 Å². The monoisotopic (exact) mass is 329 g/mol. The van der Waals surface area contributed by atoms with Gasteiger partial charge in [0.15, 0.2) is 5.13 Å². The van der Waals surface area contributed by atoms with E-state index in [-0.39, 0.29) is 5.91 Å². The van der Waals surface area contributed by atoms with Crippen molar-refractivity contribution in [2.75, 3.05) is 11.1 Å². The smallest absolute Gasteiger partial charge is 0.257 e. The van der Waals surface area contributed by atoms with E-state index in [1.165, 1.54) is 16.9 Å². The zero-order chi connectivity index (χ0) is 15.5. The second-order valence-corrected chi connectivity index (χ2v) is 7.08. The molecule has 3 aromatic rings. The summed E-state index contributed by atoms with van der Waals surface area (Å²) in [5.41, 5.74) is 2.69. The van der Waals surface area contributed by atoms with Crippen LogP contribution in [0.15, 0.2) is 41.6 Å². The Morgan fingerprint density at radius 3 is 3.00 bits per heavy atom. The maximum absolute atomic E-state index is 12.3. The minimum absolute atomic E-state index is 0.156. The first kappa shape index (κ1) is 15.0. The number of carbonyl (C=O) groups is 1. The second kappa shape index (κ2) is 6.46. The van der Waals surface area contributed by atoms with Gasteiger partial charge >= 0.3 is 0 Å². The number of benzene rings is 1. The molecular weight excluding hydrogens is 314 g/mol. The third kappa shape index (κ3) is 3.28. The van der Waals surface area contributed by atoms with Gasteiger partial charge in [-0.1, -0.05) is 24.3 Å². The van der Waals surface area contributed by atoms with E-state index < -0.39 is 0 Å². The van der Waals surface area contributed by atoms with E-state index in [2.05, 4.69) is 28.3 Å². The lowest BCUT2D eigenvalue weighted by Crippen LogP contribution is -2.11. The maximum Gasteiger partial charge on any atom is 0.257 e. The predicted octanol–water partition coefficient (Wildman–Crippen LogP) is 4.36. The van der Waals surface area contributed by atoms with Crippen LogP contribution in [-0.2, 0) is 0 Å². The molecule has 2 aromatic heterocycles. The number of amides is 1. The first-order valence-electron chi connectivity index (χ1n) is 6.93. The zero-order valence-corrected chi connectivity index (χ0v) is 13.9. The summed E-state index contributed by atoms with van der Waals surface area (Å²) in [6.07, 6.45) is 1.66. The Bertz CT molecular complexity index is 829. The van der Waals surface area contributed by atoms with Crippen LogP contribution in [0.4, 0.5) is 5.13 Å². The summed E-state index contributed by atoms with van der Waals surface area (Å²) in [6.45, 7) is 4.10. The molecular formula is C16H15N3OS2. The number of aryl methyl sites for hydroxylation is 1. The fourth-order valence-electron chi connectivity index (χ4n) is 2.03. The van der Waals surface area contributed by atoms with Gasteiger partial charge in [-0.25, -0.2) is 9.97 Å². The number of anilines is 1. The van der Waals surface area contributed by atoms with Crippen molar-refractivity contribution >= 4 is 44.4 Å². The average Bonchev–Trinajstić information content (AvgIpc) is 2.89. The van der Waals surface area contributed by atoms with Crippen LogP contribution in [0.25, 0.3) is 10.2 Å². The van der Waals surface area contributed by atoms with E-state index >= 15 is 0 Å². The molecule has 1 aromatic carbocycles. The highest BCUT2D eigenvalue weighted by Gasteiger charge is 2.11. The van der Waals surface area contributed by atoms with Gasteiger partial charge in [-0.15, -0.1) is 11.8 Å². The van der Waals surface area contributed by atoms with Crippen LogP contribution in [0.2, 0.25) is 0 Å². The molecule has 0 atom stereocenters. The molecule has 1 N–H and O–H groups in total. The Hall–Kier alpha value is -1.92. The molecule has 0 spiro atoms. The molecule has 6 heteroatoms. The van der Waals surface area contributed by atoms with Crippen LogP contribution in [0.1, 0.15) is 22.8 Å². The summed E-state index contributed by atoms with van der Waals surface area (Å²) in [7, 11) is 0. The number of nitrogens with zero attached hydrogens (tertiary/aromatic N) is 2. The third-order valence-electron chi connectivity index (χ3n) is 3.05. The van der Waals surface area contributed by atoms with Gasteiger partial charge in [0.1, 0.15) is 0 Å². The van der Waals surface area contributed by atoms with E-state index in [0.29, 0.717) is 10.7 Å². The van der Waals surface area contributed by atoms with E-state index in [1.807, 2.05) is 19.1 Å². The fraction of sp³-hybridized carbons (Fsp3) is 0.188. The van der Waals surface area contributed by atoms with Crippen LogP contribution in [-0.4, -0.2) is 21.6 Å². The number of rotatable bonds is 4. The minimum atomic E-state index is -0.156. The summed E-state index contributed by atoms with van der Waals surface area (Å²) in [5.74, 6) is 0.770. The highest BCUT2D eigenvalue weighted by Crippen LogP contribution is 2.27. The summed E-state index contributed by atoms with van der Waals surface area (Å²) in [4.78, 5) is 21.0. The number of aromatic nitrogens is 2. The summed E-state index contributed by atoms with van der Waals surface area (Å²) >= 11 is 3.10. The number of fused-ring (bicyclic) bond motifs is 1. The number of hydrogen-bond donors (Lipinski definition) is 1. The standard InChI is InChI=1S/C16H15N3OS2/c1-3-21-14-9-11(6-7-17-14)15(20)19-16-18-12-5-4-10(2)8-13(12)22-16/h4-9H,3H2,1-2H3,(H,18,19,20). The molecule has 1 amide bonds. The maximum atomic E-state index is 12.3. The largest absolute Gasteiger partial charge is 0.298 e. The number of pyridine rings is 1. The second-order valence-electron chi connectivity index (χ2n) is 4.76. The zero-order valence-electron chi connectivity index (χ0n) is 12.3. The molecule has 112 valence electrons. The number of thioether (sulfide) groups is 1. The molecule has 0 aliphatic carbocycles. The summed E-state index contributed by atoms with van der Waals surface area (Å²) in [6, 6.07) is 9.59. The van der Waals surface area contributed by atoms with Crippen LogP contribution in [0, 0.1) is 6.92 Å². The van der Waals surface area contributed by atoms with Crippen molar-refractivity contribution in [3.05, 3.63) is 47.7 Å². The number of nitrogens with one attached hydrogen (secondary N) is 1. The molecule has 0 aliphatic rings. The normalized spacial score (nSPS) is 10.8. The van der Waals surface area contributed by atoms with Gasteiger partial charge in [0.2, 0.25) is 0 Å². The molecule has 0 fully saturated rings. The first-order chi connectivity index (χ1) is 10.7. The molecule has 0 saturated carbocycles. The van der Waals surface area contributed by atoms with Crippen LogP contribution in [0.5, 0.6) is 0 Å². The molecule has 0 unspecified atom stereocenters. The van der Waals surface area contributed by atoms with E-state index in [1.54, 1.807) is 30.1 Å². The highest BCUT2D eigenvalue weighted by atomic mass is 32.2. The lowest BCUT2D eigenvalue weighted by atomic mass is 10.2. The van der Waals surface area contributed by atoms with E-state index in [9.17, 15) is 4.79 Å². The summed E-state index contributed by atoms with van der Waals surface area (Å²) < 4.78 is 1.08. The molecule has 22 heavy (non-hydrogen) atoms. The Balaban J connectivity index is 1.81. The van der Waals surface area contributed by atoms with E-state index in [4.69, 9.17) is 0 Å². The number of thiazole rings is 1. The van der Waals surface area contributed by atoms with Gasteiger partial charge in [-0.2, -0.15) is 0 Å². The molecule has 3 rings (SSSR count). The highest BCUT2D eigenvalue weighted by molar-refractivity contribution is 7.99. The van der Waals surface area contributed by atoms with Crippen molar-refractivity contribution in [2.24, 2.45) is 0 Å². The lowest BCUT2D eigenvalue weighted by Gasteiger charge is -2.03. The molecule has 0 bridgehead atoms. The number of carbonyl (C=O) groups excluding carboxylic acids is 1. The Kier molecular flexibility index (Phi) is 4.40. The molecule has 0 saturated heterocycles. The first-order valence-corrected chi connectivity index (χ1v) is 8.73. The Morgan fingerprint density at radius 1 is 1.32 bits per heavy atom. The van der Waals surface area contributed by atoms with Gasteiger partial charge in [0.05, 0.1) is 15.2 Å². The van der Waals surface area contributed by atoms with E-state index in [0.717, 1.165) is 21.0 Å². The average molecular weight is 329 g/mol. The number of hydrogen-bond acceptors (Lipinski definition) is 5. The SMILES string of the molecule is CCSc1cc(C(=O)Nc2nc3ccc(C)cc3s2)ccn1. The third-order valence-corrected chi connectivity index (χ3v) is 4.79. The van der Waals surface area contributed by atoms with Crippen molar-refractivity contribution in [1.82, 2.24) is 9.97 Å². The van der Waals surface area contributed by atoms with Crippen LogP contribution >= 0.6 is 23.1 Å². The topological polar surface area (TPSA) is 54.9 Å². The fourth-order valence-corrected chi connectivity index (χ4v) is 3.63. The molecule has 4 nitrogen and oxygen atoms in total.